The smallest absolute Gasteiger partial charge is 0.317 e. The highest BCUT2D eigenvalue weighted by Gasteiger charge is 2.26. The Bertz CT molecular complexity index is 282. The first-order valence-electron chi connectivity index (χ1n) is 5.26. The molecule has 5 heteroatoms. The van der Waals surface area contributed by atoms with E-state index in [2.05, 4.69) is 5.32 Å². The minimum Gasteiger partial charge on any atom is -0.317 e. The molecule has 0 spiro atoms. The summed E-state index contributed by atoms with van der Waals surface area (Å²) in [5.41, 5.74) is 1.19. The van der Waals surface area contributed by atoms with Gasteiger partial charge in [-0.3, -0.25) is 0 Å². The molecule has 92 valence electrons. The van der Waals surface area contributed by atoms with Crippen LogP contribution < -0.4 is 5.32 Å². The number of thiophene rings is 1. The Morgan fingerprint density at radius 3 is 2.69 bits per heavy atom. The lowest BCUT2D eigenvalue weighted by molar-refractivity contribution is -0.135. The molecule has 0 amide bonds. The molecule has 0 aliphatic carbocycles. The zero-order valence-electron chi connectivity index (χ0n) is 9.18. The number of nitrogens with one attached hydrogen (secondary N) is 1. The van der Waals surface area contributed by atoms with Gasteiger partial charge in [-0.2, -0.15) is 24.5 Å². The Morgan fingerprint density at radius 2 is 2.19 bits per heavy atom. The number of halogens is 3. The average Bonchev–Trinajstić information content (AvgIpc) is 2.67. The van der Waals surface area contributed by atoms with Crippen molar-refractivity contribution in [2.24, 2.45) is 0 Å². The van der Waals surface area contributed by atoms with Crippen LogP contribution in [0.3, 0.4) is 0 Å². The summed E-state index contributed by atoms with van der Waals surface area (Å²) in [7, 11) is 1.80. The predicted octanol–water partition coefficient (Wildman–Crippen LogP) is 3.61. The fraction of sp³-hybridized carbons (Fsp3) is 0.636. The van der Waals surface area contributed by atoms with Crippen LogP contribution >= 0.6 is 11.3 Å². The third kappa shape index (κ3) is 5.51. The average molecular weight is 251 g/mol. The van der Waals surface area contributed by atoms with Crippen molar-refractivity contribution in [3.05, 3.63) is 22.4 Å². The Kier molecular flexibility index (Phi) is 5.28. The molecule has 0 aromatic carbocycles. The first-order chi connectivity index (χ1) is 7.51. The maximum atomic E-state index is 12.0. The van der Waals surface area contributed by atoms with Gasteiger partial charge >= 0.3 is 6.18 Å². The second kappa shape index (κ2) is 6.25. The quantitative estimate of drug-likeness (QED) is 0.814. The molecule has 0 bridgehead atoms. The summed E-state index contributed by atoms with van der Waals surface area (Å²) in [6, 6.07) is 2.15. The van der Waals surface area contributed by atoms with Crippen LogP contribution in [0.15, 0.2) is 16.8 Å². The molecule has 16 heavy (non-hydrogen) atoms. The Hall–Kier alpha value is -0.550. The number of likely N-dealkylation sites (N-methyl/N-ethyl adjacent to an activating group) is 1. The van der Waals surface area contributed by atoms with Crippen molar-refractivity contribution >= 4 is 11.3 Å². The van der Waals surface area contributed by atoms with E-state index in [-0.39, 0.29) is 12.5 Å². The lowest BCUT2D eigenvalue weighted by Gasteiger charge is -2.15. The fourth-order valence-corrected chi connectivity index (χ4v) is 2.27. The molecule has 1 rings (SSSR count). The highest BCUT2D eigenvalue weighted by atomic mass is 32.1. The van der Waals surface area contributed by atoms with Crippen molar-refractivity contribution in [1.82, 2.24) is 5.32 Å². The lowest BCUT2D eigenvalue weighted by Crippen LogP contribution is -2.27. The van der Waals surface area contributed by atoms with Crippen LogP contribution in [-0.2, 0) is 6.42 Å². The summed E-state index contributed by atoms with van der Waals surface area (Å²) in [5, 5.41) is 7.08. The van der Waals surface area contributed by atoms with Gasteiger partial charge in [0, 0.05) is 12.5 Å². The summed E-state index contributed by atoms with van der Waals surface area (Å²) in [4.78, 5) is 0. The molecule has 1 nitrogen and oxygen atoms in total. The number of rotatable bonds is 6. The SMILES string of the molecule is CNC(CCCC(F)(F)F)Cc1ccsc1. The van der Waals surface area contributed by atoms with Crippen LogP contribution in [0.1, 0.15) is 24.8 Å². The van der Waals surface area contributed by atoms with Crippen molar-refractivity contribution in [3.8, 4) is 0 Å². The predicted molar refractivity (Wildman–Crippen MR) is 60.8 cm³/mol. The first kappa shape index (κ1) is 13.5. The van der Waals surface area contributed by atoms with Gasteiger partial charge in [0.2, 0.25) is 0 Å². The largest absolute Gasteiger partial charge is 0.389 e. The minimum atomic E-state index is -4.03. The van der Waals surface area contributed by atoms with Gasteiger partial charge < -0.3 is 5.32 Å². The van der Waals surface area contributed by atoms with Crippen molar-refractivity contribution in [2.45, 2.75) is 37.9 Å². The summed E-state index contributed by atoms with van der Waals surface area (Å²) in [6.45, 7) is 0. The van der Waals surface area contributed by atoms with Gasteiger partial charge in [0.25, 0.3) is 0 Å². The van der Waals surface area contributed by atoms with E-state index in [9.17, 15) is 13.2 Å². The molecule has 1 N–H and O–H groups in total. The topological polar surface area (TPSA) is 12.0 Å². The van der Waals surface area contributed by atoms with E-state index in [0.29, 0.717) is 6.42 Å². The second-order valence-electron chi connectivity index (χ2n) is 3.83. The summed E-state index contributed by atoms with van der Waals surface area (Å²) < 4.78 is 35.9. The maximum Gasteiger partial charge on any atom is 0.389 e. The van der Waals surface area contributed by atoms with E-state index in [4.69, 9.17) is 0 Å². The van der Waals surface area contributed by atoms with Gasteiger partial charge in [0.15, 0.2) is 0 Å². The van der Waals surface area contributed by atoms with Crippen molar-refractivity contribution in [3.63, 3.8) is 0 Å². The first-order valence-corrected chi connectivity index (χ1v) is 6.20. The van der Waals surface area contributed by atoms with Crippen LogP contribution in [0.2, 0.25) is 0 Å². The summed E-state index contributed by atoms with van der Waals surface area (Å²) >= 11 is 1.61. The van der Waals surface area contributed by atoms with Gasteiger partial charge in [0.05, 0.1) is 0 Å². The van der Waals surface area contributed by atoms with E-state index in [1.165, 1.54) is 5.56 Å². The molecule has 1 aromatic rings. The van der Waals surface area contributed by atoms with Crippen molar-refractivity contribution < 1.29 is 13.2 Å². The second-order valence-corrected chi connectivity index (χ2v) is 4.61. The minimum absolute atomic E-state index is 0.136. The van der Waals surface area contributed by atoms with Crippen LogP contribution in [0.25, 0.3) is 0 Å². The molecule has 0 saturated heterocycles. The molecule has 1 heterocycles. The molecule has 1 atom stereocenters. The van der Waals surface area contributed by atoms with Crippen molar-refractivity contribution in [1.29, 1.82) is 0 Å². The van der Waals surface area contributed by atoms with E-state index in [0.717, 1.165) is 6.42 Å². The van der Waals surface area contributed by atoms with Crippen LogP contribution in [0.5, 0.6) is 0 Å². The standard InChI is InChI=1S/C11H16F3NS/c1-15-10(3-2-5-11(12,13)14)7-9-4-6-16-8-9/h4,6,8,10,15H,2-3,5,7H2,1H3. The lowest BCUT2D eigenvalue weighted by atomic mass is 10.0. The van der Waals surface area contributed by atoms with Crippen LogP contribution in [0, 0.1) is 0 Å². The van der Waals surface area contributed by atoms with Gasteiger partial charge in [-0.15, -0.1) is 0 Å². The number of hydrogen-bond donors (Lipinski definition) is 1. The molecular formula is C11H16F3NS. The van der Waals surface area contributed by atoms with E-state index in [1.807, 2.05) is 16.8 Å². The maximum absolute atomic E-state index is 12.0. The van der Waals surface area contributed by atoms with Gasteiger partial charge in [-0.1, -0.05) is 0 Å². The highest BCUT2D eigenvalue weighted by Crippen LogP contribution is 2.23. The molecular weight excluding hydrogens is 235 g/mol. The molecule has 0 aliphatic rings. The fourth-order valence-electron chi connectivity index (χ4n) is 1.59. The van der Waals surface area contributed by atoms with Gasteiger partial charge in [-0.05, 0) is 48.7 Å². The Morgan fingerprint density at radius 1 is 1.44 bits per heavy atom. The van der Waals surface area contributed by atoms with Crippen molar-refractivity contribution in [2.75, 3.05) is 7.05 Å². The summed E-state index contributed by atoms with van der Waals surface area (Å²) in [6.07, 6.45) is -3.15. The molecule has 1 aromatic heterocycles. The Labute approximate surface area is 97.7 Å². The van der Waals surface area contributed by atoms with Gasteiger partial charge in [0.1, 0.15) is 0 Å². The zero-order valence-corrected chi connectivity index (χ0v) is 10.00. The highest BCUT2D eigenvalue weighted by molar-refractivity contribution is 7.07. The Balaban J connectivity index is 2.27. The molecule has 0 aliphatic heterocycles. The molecule has 0 radical (unpaired) electrons. The van der Waals surface area contributed by atoms with Crippen LogP contribution in [0.4, 0.5) is 13.2 Å². The molecule has 1 unspecified atom stereocenters. The number of hydrogen-bond acceptors (Lipinski definition) is 2. The summed E-state index contributed by atoms with van der Waals surface area (Å²) in [5.74, 6) is 0. The van der Waals surface area contributed by atoms with Crippen LogP contribution in [-0.4, -0.2) is 19.3 Å². The van der Waals surface area contributed by atoms with E-state index >= 15 is 0 Å². The van der Waals surface area contributed by atoms with E-state index in [1.54, 1.807) is 18.4 Å². The monoisotopic (exact) mass is 251 g/mol. The third-order valence-electron chi connectivity index (χ3n) is 2.48. The van der Waals surface area contributed by atoms with Gasteiger partial charge in [-0.25, -0.2) is 0 Å². The normalized spacial score (nSPS) is 14.0. The van der Waals surface area contributed by atoms with E-state index < -0.39 is 12.6 Å². The molecule has 0 saturated carbocycles. The molecule has 0 fully saturated rings. The third-order valence-corrected chi connectivity index (χ3v) is 3.22. The number of alkyl halides is 3. The zero-order chi connectivity index (χ0) is 12.0.